The molecule has 0 unspecified atom stereocenters. The lowest BCUT2D eigenvalue weighted by molar-refractivity contribution is 0.370. The Morgan fingerprint density at radius 3 is 2.65 bits per heavy atom. The van der Waals surface area contributed by atoms with E-state index in [1.54, 1.807) is 6.07 Å². The zero-order valence-electron chi connectivity index (χ0n) is 12.3. The number of guanidine groups is 1. The van der Waals surface area contributed by atoms with Crippen LogP contribution in [0.1, 0.15) is 25.8 Å². The summed E-state index contributed by atoms with van der Waals surface area (Å²) < 4.78 is 5.08. The number of ether oxygens (including phenoxy) is 1. The third-order valence-corrected chi connectivity index (χ3v) is 2.60. The average molecular weight is 393 g/mol. The van der Waals surface area contributed by atoms with Crippen molar-refractivity contribution in [1.29, 1.82) is 0 Å². The molecule has 1 aromatic carbocycles. The zero-order chi connectivity index (χ0) is 14.1. The minimum Gasteiger partial charge on any atom is -0.504 e. The van der Waals surface area contributed by atoms with Crippen molar-refractivity contribution >= 4 is 29.9 Å². The molecule has 0 heterocycles. The van der Waals surface area contributed by atoms with Crippen molar-refractivity contribution in [1.82, 2.24) is 10.6 Å². The van der Waals surface area contributed by atoms with Crippen molar-refractivity contribution in [2.75, 3.05) is 20.2 Å². The zero-order valence-corrected chi connectivity index (χ0v) is 14.6. The largest absolute Gasteiger partial charge is 0.504 e. The Hall–Kier alpha value is -1.18. The highest BCUT2D eigenvalue weighted by atomic mass is 127. The van der Waals surface area contributed by atoms with E-state index in [1.165, 1.54) is 7.11 Å². The molecule has 1 rings (SSSR count). The van der Waals surface area contributed by atoms with Gasteiger partial charge in [-0.25, -0.2) is 4.99 Å². The van der Waals surface area contributed by atoms with Crippen LogP contribution in [-0.4, -0.2) is 31.3 Å². The first-order valence-corrected chi connectivity index (χ1v) is 6.59. The average Bonchev–Trinajstić information content (AvgIpc) is 2.43. The fraction of sp³-hybridized carbons (Fsp3) is 0.500. The van der Waals surface area contributed by atoms with Crippen molar-refractivity contribution in [2.24, 2.45) is 4.99 Å². The van der Waals surface area contributed by atoms with Gasteiger partial charge in [0, 0.05) is 18.7 Å². The van der Waals surface area contributed by atoms with Crippen LogP contribution in [0.25, 0.3) is 0 Å². The second-order valence-electron chi connectivity index (χ2n) is 4.09. The number of phenolic OH excluding ortho intramolecular Hbond substituents is 1. The van der Waals surface area contributed by atoms with Crippen LogP contribution >= 0.6 is 24.0 Å². The molecule has 0 aliphatic heterocycles. The van der Waals surface area contributed by atoms with Crippen molar-refractivity contribution in [3.8, 4) is 11.5 Å². The summed E-state index contributed by atoms with van der Waals surface area (Å²) in [5.74, 6) is 1.38. The number of methoxy groups -OCH3 is 1. The number of hydrogen-bond donors (Lipinski definition) is 3. The fourth-order valence-electron chi connectivity index (χ4n) is 1.61. The topological polar surface area (TPSA) is 65.9 Å². The highest BCUT2D eigenvalue weighted by molar-refractivity contribution is 14.0. The maximum atomic E-state index is 9.97. The Morgan fingerprint density at radius 1 is 1.30 bits per heavy atom. The van der Waals surface area contributed by atoms with Gasteiger partial charge < -0.3 is 20.5 Å². The molecule has 0 saturated heterocycles. The Labute approximate surface area is 137 Å². The van der Waals surface area contributed by atoms with Crippen LogP contribution in [0, 0.1) is 0 Å². The molecule has 0 amide bonds. The molecule has 20 heavy (non-hydrogen) atoms. The molecule has 0 spiro atoms. The third-order valence-electron chi connectivity index (χ3n) is 2.60. The van der Waals surface area contributed by atoms with Gasteiger partial charge in [0.25, 0.3) is 0 Å². The van der Waals surface area contributed by atoms with Crippen LogP contribution in [0.4, 0.5) is 0 Å². The van der Waals surface area contributed by atoms with Crippen molar-refractivity contribution in [2.45, 2.75) is 26.8 Å². The summed E-state index contributed by atoms with van der Waals surface area (Å²) in [4.78, 5) is 4.44. The van der Waals surface area contributed by atoms with E-state index in [1.807, 2.05) is 19.1 Å². The van der Waals surface area contributed by atoms with Crippen LogP contribution in [0.3, 0.4) is 0 Å². The number of rotatable bonds is 6. The van der Waals surface area contributed by atoms with Crippen LogP contribution in [0.5, 0.6) is 11.5 Å². The van der Waals surface area contributed by atoms with Crippen LogP contribution in [-0.2, 0) is 6.54 Å². The number of phenols is 1. The first-order valence-electron chi connectivity index (χ1n) is 6.59. The van der Waals surface area contributed by atoms with E-state index >= 15 is 0 Å². The number of benzene rings is 1. The van der Waals surface area contributed by atoms with Gasteiger partial charge in [0.2, 0.25) is 0 Å². The number of hydrogen-bond acceptors (Lipinski definition) is 3. The molecule has 0 saturated carbocycles. The smallest absolute Gasteiger partial charge is 0.191 e. The minimum atomic E-state index is 0. The van der Waals surface area contributed by atoms with Crippen molar-refractivity contribution < 1.29 is 9.84 Å². The van der Waals surface area contributed by atoms with E-state index in [-0.39, 0.29) is 29.7 Å². The van der Waals surface area contributed by atoms with Crippen LogP contribution < -0.4 is 15.4 Å². The second-order valence-corrected chi connectivity index (χ2v) is 4.09. The van der Waals surface area contributed by atoms with Gasteiger partial charge in [-0.2, -0.15) is 0 Å². The molecule has 0 fully saturated rings. The molecule has 0 aliphatic rings. The minimum absolute atomic E-state index is 0. The Bertz CT molecular complexity index is 425. The lowest BCUT2D eigenvalue weighted by atomic mass is 10.2. The van der Waals surface area contributed by atoms with Gasteiger partial charge >= 0.3 is 0 Å². The number of nitrogens with zero attached hydrogens (tertiary/aromatic N) is 1. The summed E-state index contributed by atoms with van der Waals surface area (Å²) in [6.07, 6.45) is 1.04. The summed E-state index contributed by atoms with van der Waals surface area (Å²) in [6.45, 7) is 6.20. The molecular weight excluding hydrogens is 369 g/mol. The lowest BCUT2D eigenvalue weighted by Gasteiger charge is -2.11. The summed E-state index contributed by atoms with van der Waals surface area (Å²) in [5.41, 5.74) is 0.744. The van der Waals surface area contributed by atoms with Gasteiger partial charge in [-0.15, -0.1) is 24.0 Å². The lowest BCUT2D eigenvalue weighted by Crippen LogP contribution is -2.37. The molecule has 114 valence electrons. The van der Waals surface area contributed by atoms with E-state index in [4.69, 9.17) is 4.74 Å². The predicted molar refractivity (Wildman–Crippen MR) is 93.2 cm³/mol. The van der Waals surface area contributed by atoms with Crippen molar-refractivity contribution in [3.63, 3.8) is 0 Å². The quantitative estimate of drug-likeness (QED) is 0.395. The van der Waals surface area contributed by atoms with E-state index in [0.717, 1.165) is 31.0 Å². The van der Waals surface area contributed by atoms with E-state index in [9.17, 15) is 5.11 Å². The molecule has 0 bridgehead atoms. The summed E-state index contributed by atoms with van der Waals surface area (Å²) >= 11 is 0. The number of aliphatic imine (C=N–C) groups is 1. The fourth-order valence-corrected chi connectivity index (χ4v) is 1.61. The Kier molecular flexibility index (Phi) is 9.96. The predicted octanol–water partition coefficient (Wildman–Crippen LogP) is 2.48. The van der Waals surface area contributed by atoms with Gasteiger partial charge in [-0.05, 0) is 19.4 Å². The number of nitrogens with one attached hydrogen (secondary N) is 2. The molecule has 0 atom stereocenters. The van der Waals surface area contributed by atoms with Crippen molar-refractivity contribution in [3.05, 3.63) is 23.8 Å². The maximum absolute atomic E-state index is 9.97. The summed E-state index contributed by atoms with van der Waals surface area (Å²) in [5, 5.41) is 16.3. The molecule has 5 nitrogen and oxygen atoms in total. The monoisotopic (exact) mass is 393 g/mol. The molecule has 0 aromatic heterocycles. The highest BCUT2D eigenvalue weighted by Gasteiger charge is 2.06. The molecular formula is C14H24IN3O2. The third kappa shape index (κ3) is 5.85. The van der Waals surface area contributed by atoms with Crippen LogP contribution in [0.15, 0.2) is 23.2 Å². The van der Waals surface area contributed by atoms with Gasteiger partial charge in [0.15, 0.2) is 17.5 Å². The summed E-state index contributed by atoms with van der Waals surface area (Å²) in [7, 11) is 1.54. The molecule has 1 aromatic rings. The maximum Gasteiger partial charge on any atom is 0.191 e. The molecule has 0 radical (unpaired) electrons. The normalized spacial score (nSPS) is 10.7. The van der Waals surface area contributed by atoms with Gasteiger partial charge in [-0.1, -0.05) is 19.1 Å². The molecule has 0 aliphatic carbocycles. The van der Waals surface area contributed by atoms with Crippen LogP contribution in [0.2, 0.25) is 0 Å². The van der Waals surface area contributed by atoms with Gasteiger partial charge in [0.1, 0.15) is 0 Å². The molecule has 6 heteroatoms. The SMILES string of the molecule is CCCNC(=NCc1cccc(OC)c1O)NCC.I. The van der Waals surface area contributed by atoms with Gasteiger partial charge in [0.05, 0.1) is 13.7 Å². The standard InChI is InChI=1S/C14H23N3O2.HI/c1-4-9-16-14(15-5-2)17-10-11-7-6-8-12(19-3)13(11)18;/h6-8,18H,4-5,9-10H2,1-3H3,(H2,15,16,17);1H. The first kappa shape index (κ1) is 18.8. The number of para-hydroxylation sites is 1. The Balaban J connectivity index is 0.00000361. The Morgan fingerprint density at radius 2 is 2.05 bits per heavy atom. The summed E-state index contributed by atoms with van der Waals surface area (Å²) in [6, 6.07) is 5.41. The van der Waals surface area contributed by atoms with E-state index in [0.29, 0.717) is 12.3 Å². The second kappa shape index (κ2) is 10.6. The molecule has 3 N–H and O–H groups in total. The number of aromatic hydroxyl groups is 1. The highest BCUT2D eigenvalue weighted by Crippen LogP contribution is 2.29. The first-order chi connectivity index (χ1) is 9.22. The van der Waals surface area contributed by atoms with E-state index in [2.05, 4.69) is 22.5 Å². The number of halogens is 1. The van der Waals surface area contributed by atoms with Gasteiger partial charge in [-0.3, -0.25) is 0 Å². The van der Waals surface area contributed by atoms with E-state index < -0.39 is 0 Å².